The lowest BCUT2D eigenvalue weighted by Crippen LogP contribution is -2.43. The second kappa shape index (κ2) is 9.37. The summed E-state index contributed by atoms with van der Waals surface area (Å²) in [5, 5.41) is 3.63. The van der Waals surface area contributed by atoms with Crippen LogP contribution in [0.1, 0.15) is 33.1 Å². The standard InChI is InChI=1S/C21H35N5O2/c1-16(2)20-18(4-3-11-28-20)23-19-5-7-22-21(24-19)26-8-6-17(15-26)14-25-9-12-27-13-10-25/h5,7,16-18,20H,3-4,6,8-15H2,1-2H3,(H,22,23,24)/t17-,18+,20+/m1/s1. The molecule has 0 unspecified atom stereocenters. The lowest BCUT2D eigenvalue weighted by molar-refractivity contribution is -0.0203. The van der Waals surface area contributed by atoms with E-state index in [2.05, 4.69) is 33.9 Å². The van der Waals surface area contributed by atoms with Crippen LogP contribution in [0.15, 0.2) is 12.3 Å². The number of nitrogens with zero attached hydrogens (tertiary/aromatic N) is 4. The zero-order valence-corrected chi connectivity index (χ0v) is 17.3. The highest BCUT2D eigenvalue weighted by molar-refractivity contribution is 5.43. The van der Waals surface area contributed by atoms with Gasteiger partial charge in [-0.15, -0.1) is 0 Å². The molecule has 4 heterocycles. The predicted octanol–water partition coefficient (Wildman–Crippen LogP) is 2.25. The Bertz CT molecular complexity index is 623. The van der Waals surface area contributed by atoms with Gasteiger partial charge >= 0.3 is 0 Å². The third kappa shape index (κ3) is 4.93. The van der Waals surface area contributed by atoms with Crippen LogP contribution in [0.3, 0.4) is 0 Å². The van der Waals surface area contributed by atoms with Gasteiger partial charge in [0, 0.05) is 45.5 Å². The van der Waals surface area contributed by atoms with Gasteiger partial charge in [-0.05, 0) is 37.2 Å². The van der Waals surface area contributed by atoms with E-state index in [1.807, 2.05) is 12.3 Å². The maximum atomic E-state index is 6.01. The summed E-state index contributed by atoms with van der Waals surface area (Å²) in [5.41, 5.74) is 0. The second-order valence-corrected chi connectivity index (χ2v) is 8.73. The van der Waals surface area contributed by atoms with Crippen LogP contribution in [-0.4, -0.2) is 79.6 Å². The smallest absolute Gasteiger partial charge is 0.227 e. The molecule has 3 aliphatic rings. The van der Waals surface area contributed by atoms with Gasteiger partial charge in [0.25, 0.3) is 0 Å². The zero-order chi connectivity index (χ0) is 19.3. The Morgan fingerprint density at radius 2 is 2.04 bits per heavy atom. The molecule has 0 aromatic carbocycles. The van der Waals surface area contributed by atoms with Crippen LogP contribution in [0.25, 0.3) is 0 Å². The normalized spacial score (nSPS) is 29.4. The molecule has 0 spiro atoms. The average Bonchev–Trinajstić information content (AvgIpc) is 3.18. The Kier molecular flexibility index (Phi) is 6.65. The number of nitrogens with one attached hydrogen (secondary N) is 1. The van der Waals surface area contributed by atoms with Crippen molar-refractivity contribution in [3.05, 3.63) is 12.3 Å². The third-order valence-electron chi connectivity index (χ3n) is 6.19. The fourth-order valence-corrected chi connectivity index (χ4v) is 4.70. The maximum absolute atomic E-state index is 6.01. The topological polar surface area (TPSA) is 62.8 Å². The number of aromatic nitrogens is 2. The first kappa shape index (κ1) is 19.9. The first-order valence-electron chi connectivity index (χ1n) is 11.0. The lowest BCUT2D eigenvalue weighted by Gasteiger charge is -2.35. The van der Waals surface area contributed by atoms with Crippen molar-refractivity contribution in [2.24, 2.45) is 11.8 Å². The van der Waals surface area contributed by atoms with E-state index in [-0.39, 0.29) is 6.10 Å². The van der Waals surface area contributed by atoms with Gasteiger partial charge in [0.1, 0.15) is 5.82 Å². The molecule has 7 nitrogen and oxygen atoms in total. The number of rotatable bonds is 6. The molecule has 0 bridgehead atoms. The van der Waals surface area contributed by atoms with Crippen molar-refractivity contribution in [3.8, 4) is 0 Å². The molecule has 3 atom stereocenters. The summed E-state index contributed by atoms with van der Waals surface area (Å²) in [5.74, 6) is 2.96. The summed E-state index contributed by atoms with van der Waals surface area (Å²) in [7, 11) is 0. The van der Waals surface area contributed by atoms with Crippen molar-refractivity contribution < 1.29 is 9.47 Å². The highest BCUT2D eigenvalue weighted by Crippen LogP contribution is 2.26. The van der Waals surface area contributed by atoms with Crippen molar-refractivity contribution in [1.82, 2.24) is 14.9 Å². The van der Waals surface area contributed by atoms with Gasteiger partial charge in [0.15, 0.2) is 0 Å². The Morgan fingerprint density at radius 1 is 1.18 bits per heavy atom. The molecule has 1 N–H and O–H groups in total. The Morgan fingerprint density at radius 3 is 2.86 bits per heavy atom. The number of hydrogen-bond donors (Lipinski definition) is 1. The maximum Gasteiger partial charge on any atom is 0.227 e. The van der Waals surface area contributed by atoms with E-state index in [0.717, 1.165) is 77.2 Å². The van der Waals surface area contributed by atoms with E-state index in [9.17, 15) is 0 Å². The summed E-state index contributed by atoms with van der Waals surface area (Å²) < 4.78 is 11.5. The van der Waals surface area contributed by atoms with Crippen LogP contribution in [-0.2, 0) is 9.47 Å². The molecule has 0 aliphatic carbocycles. The first-order chi connectivity index (χ1) is 13.7. The van der Waals surface area contributed by atoms with Gasteiger partial charge in [-0.1, -0.05) is 13.8 Å². The summed E-state index contributed by atoms with van der Waals surface area (Å²) in [4.78, 5) is 14.3. The highest BCUT2D eigenvalue weighted by atomic mass is 16.5. The second-order valence-electron chi connectivity index (χ2n) is 8.73. The molecule has 4 rings (SSSR count). The number of hydrogen-bond acceptors (Lipinski definition) is 7. The minimum absolute atomic E-state index is 0.247. The minimum atomic E-state index is 0.247. The first-order valence-corrected chi connectivity index (χ1v) is 11.0. The van der Waals surface area contributed by atoms with Gasteiger partial charge in [-0.3, -0.25) is 4.90 Å². The highest BCUT2D eigenvalue weighted by Gasteiger charge is 2.30. The molecule has 156 valence electrons. The van der Waals surface area contributed by atoms with Gasteiger partial charge in [-0.2, -0.15) is 4.98 Å². The van der Waals surface area contributed by atoms with Crippen LogP contribution in [0.5, 0.6) is 0 Å². The van der Waals surface area contributed by atoms with E-state index in [4.69, 9.17) is 14.5 Å². The van der Waals surface area contributed by atoms with Gasteiger partial charge in [0.05, 0.1) is 25.4 Å². The summed E-state index contributed by atoms with van der Waals surface area (Å²) in [6, 6.07) is 2.31. The molecular formula is C21H35N5O2. The molecule has 1 aromatic heterocycles. The van der Waals surface area contributed by atoms with Crippen molar-refractivity contribution >= 4 is 11.8 Å². The number of morpholine rings is 1. The molecule has 1 aromatic rings. The van der Waals surface area contributed by atoms with Crippen LogP contribution in [0, 0.1) is 11.8 Å². The van der Waals surface area contributed by atoms with E-state index < -0.39 is 0 Å². The Labute approximate surface area is 168 Å². The van der Waals surface area contributed by atoms with Crippen molar-refractivity contribution in [2.45, 2.75) is 45.3 Å². The van der Waals surface area contributed by atoms with Crippen LogP contribution in [0.4, 0.5) is 11.8 Å². The largest absolute Gasteiger partial charge is 0.379 e. The fraction of sp³-hybridized carbons (Fsp3) is 0.810. The molecule has 3 saturated heterocycles. The molecule has 28 heavy (non-hydrogen) atoms. The monoisotopic (exact) mass is 389 g/mol. The van der Waals surface area contributed by atoms with Crippen molar-refractivity contribution in [3.63, 3.8) is 0 Å². The summed E-state index contributed by atoms with van der Waals surface area (Å²) in [6.07, 6.45) is 5.58. The summed E-state index contributed by atoms with van der Waals surface area (Å²) >= 11 is 0. The van der Waals surface area contributed by atoms with E-state index in [1.54, 1.807) is 0 Å². The fourth-order valence-electron chi connectivity index (χ4n) is 4.70. The van der Waals surface area contributed by atoms with Crippen LogP contribution in [0.2, 0.25) is 0 Å². The molecule has 0 amide bonds. The van der Waals surface area contributed by atoms with Gasteiger partial charge in [-0.25, -0.2) is 4.98 Å². The molecule has 3 fully saturated rings. The van der Waals surface area contributed by atoms with E-state index in [1.165, 1.54) is 6.42 Å². The van der Waals surface area contributed by atoms with Gasteiger partial charge < -0.3 is 19.7 Å². The molecule has 0 saturated carbocycles. The molecule has 7 heteroatoms. The average molecular weight is 390 g/mol. The summed E-state index contributed by atoms with van der Waals surface area (Å²) in [6.45, 7) is 12.4. The lowest BCUT2D eigenvalue weighted by atomic mass is 9.94. The molecule has 0 radical (unpaired) electrons. The van der Waals surface area contributed by atoms with Crippen LogP contribution >= 0.6 is 0 Å². The van der Waals surface area contributed by atoms with E-state index in [0.29, 0.717) is 17.9 Å². The van der Waals surface area contributed by atoms with Gasteiger partial charge in [0.2, 0.25) is 5.95 Å². The Hall–Kier alpha value is -1.44. The SMILES string of the molecule is CC(C)[C@@H]1OCCC[C@@H]1Nc1ccnc(N2CC[C@H](CN3CCOCC3)C2)n1. The zero-order valence-electron chi connectivity index (χ0n) is 17.3. The number of ether oxygens (including phenoxy) is 2. The van der Waals surface area contributed by atoms with E-state index >= 15 is 0 Å². The number of anilines is 2. The molecule has 3 aliphatic heterocycles. The predicted molar refractivity (Wildman–Crippen MR) is 111 cm³/mol. The van der Waals surface area contributed by atoms with Crippen molar-refractivity contribution in [1.29, 1.82) is 0 Å². The molecular weight excluding hydrogens is 354 g/mol. The van der Waals surface area contributed by atoms with Crippen LogP contribution < -0.4 is 10.2 Å². The third-order valence-corrected chi connectivity index (χ3v) is 6.19. The van der Waals surface area contributed by atoms with Crippen molar-refractivity contribution in [2.75, 3.05) is 62.8 Å². The quantitative estimate of drug-likeness (QED) is 0.801. The minimum Gasteiger partial charge on any atom is -0.379 e. The Balaban J connectivity index is 1.34.